The molecule has 9 heavy (non-hydrogen) atoms. The Morgan fingerprint density at radius 3 is 2.11 bits per heavy atom. The van der Waals surface area contributed by atoms with Crippen molar-refractivity contribution in [2.75, 3.05) is 6.61 Å². The summed E-state index contributed by atoms with van der Waals surface area (Å²) in [6, 6.07) is 0. The lowest BCUT2D eigenvalue weighted by Crippen LogP contribution is -2.26. The Labute approximate surface area is 60.5 Å². The fraction of sp³-hybridized carbons (Fsp3) is 0.833. The lowest BCUT2D eigenvalue weighted by molar-refractivity contribution is 0.143. The van der Waals surface area contributed by atoms with E-state index in [-0.39, 0.29) is 12.5 Å². The first-order valence-electron chi connectivity index (χ1n) is 2.92. The van der Waals surface area contributed by atoms with Crippen LogP contribution in [0.1, 0.15) is 13.8 Å². The molecule has 2 N–H and O–H groups in total. The van der Waals surface area contributed by atoms with Crippen LogP contribution >= 0.6 is 12.2 Å². The minimum Gasteiger partial charge on any atom is -0.393 e. The first kappa shape index (κ1) is 9.01. The molecule has 0 amide bonds. The van der Waals surface area contributed by atoms with Gasteiger partial charge in [-0.25, -0.2) is 0 Å². The van der Waals surface area contributed by atoms with Crippen LogP contribution in [0.2, 0.25) is 0 Å². The van der Waals surface area contributed by atoms with Gasteiger partial charge in [0.1, 0.15) is 6.10 Å². The predicted molar refractivity (Wildman–Crippen MR) is 40.5 cm³/mol. The van der Waals surface area contributed by atoms with Gasteiger partial charge in [-0.1, -0.05) is 26.1 Å². The Balaban J connectivity index is 3.73. The monoisotopic (exact) mass is 148 g/mol. The Kier molecular flexibility index (Phi) is 3.93. The van der Waals surface area contributed by atoms with Gasteiger partial charge in [-0.15, -0.1) is 0 Å². The van der Waals surface area contributed by atoms with Gasteiger partial charge >= 0.3 is 0 Å². The highest BCUT2D eigenvalue weighted by Gasteiger charge is 2.11. The fourth-order valence-electron chi connectivity index (χ4n) is 0.475. The van der Waals surface area contributed by atoms with Gasteiger partial charge in [0, 0.05) is 4.86 Å². The minimum atomic E-state index is -0.819. The molecule has 0 radical (unpaired) electrons. The average molecular weight is 148 g/mol. The van der Waals surface area contributed by atoms with Crippen molar-refractivity contribution in [2.45, 2.75) is 20.0 Å². The summed E-state index contributed by atoms with van der Waals surface area (Å²) in [5.41, 5.74) is 0. The van der Waals surface area contributed by atoms with Crippen LogP contribution in [0.5, 0.6) is 0 Å². The van der Waals surface area contributed by atoms with Crippen LogP contribution in [-0.2, 0) is 0 Å². The summed E-state index contributed by atoms with van der Waals surface area (Å²) in [7, 11) is 0. The van der Waals surface area contributed by atoms with Gasteiger partial charge in [0.05, 0.1) is 6.61 Å². The zero-order valence-electron chi connectivity index (χ0n) is 5.66. The van der Waals surface area contributed by atoms with Crippen molar-refractivity contribution in [3.05, 3.63) is 0 Å². The molecule has 0 aliphatic carbocycles. The number of aliphatic hydroxyl groups excluding tert-OH is 2. The van der Waals surface area contributed by atoms with Gasteiger partial charge in [0.2, 0.25) is 0 Å². The fourth-order valence-corrected chi connectivity index (χ4v) is 0.549. The second-order valence-corrected chi connectivity index (χ2v) is 2.73. The maximum atomic E-state index is 8.91. The summed E-state index contributed by atoms with van der Waals surface area (Å²) in [6.07, 6.45) is -0.819. The van der Waals surface area contributed by atoms with Gasteiger partial charge in [-0.05, 0) is 5.92 Å². The molecule has 0 aromatic rings. The van der Waals surface area contributed by atoms with E-state index in [4.69, 9.17) is 22.4 Å². The highest BCUT2D eigenvalue weighted by atomic mass is 32.1. The Morgan fingerprint density at radius 2 is 2.00 bits per heavy atom. The number of aliphatic hydroxyl groups is 2. The molecular formula is C6H12O2S. The molecule has 0 fully saturated rings. The lowest BCUT2D eigenvalue weighted by Gasteiger charge is -2.11. The highest BCUT2D eigenvalue weighted by Crippen LogP contribution is 2.01. The van der Waals surface area contributed by atoms with E-state index in [1.165, 1.54) is 0 Å². The number of thiocarbonyl (C=S) groups is 1. The molecule has 0 rings (SSSR count). The van der Waals surface area contributed by atoms with Gasteiger partial charge < -0.3 is 10.2 Å². The maximum absolute atomic E-state index is 8.91. The van der Waals surface area contributed by atoms with Gasteiger partial charge in [0.15, 0.2) is 0 Å². The van der Waals surface area contributed by atoms with E-state index in [1.54, 1.807) is 0 Å². The molecule has 0 heterocycles. The minimum absolute atomic E-state index is 0.169. The molecule has 1 atom stereocenters. The van der Waals surface area contributed by atoms with Crippen LogP contribution in [0.15, 0.2) is 0 Å². The van der Waals surface area contributed by atoms with Gasteiger partial charge in [-0.3, -0.25) is 0 Å². The molecule has 0 bridgehead atoms. The summed E-state index contributed by atoms with van der Waals surface area (Å²) in [5.74, 6) is 0.169. The third-order valence-corrected chi connectivity index (χ3v) is 1.81. The summed E-state index contributed by atoms with van der Waals surface area (Å²) in [6.45, 7) is 3.51. The molecule has 0 aromatic heterocycles. The van der Waals surface area contributed by atoms with Crippen molar-refractivity contribution < 1.29 is 10.2 Å². The van der Waals surface area contributed by atoms with Crippen molar-refractivity contribution in [2.24, 2.45) is 5.92 Å². The molecule has 0 unspecified atom stereocenters. The summed E-state index contributed by atoms with van der Waals surface area (Å²) in [5, 5.41) is 17.3. The molecule has 0 aliphatic rings. The molecule has 54 valence electrons. The molecule has 0 saturated heterocycles. The van der Waals surface area contributed by atoms with E-state index in [2.05, 4.69) is 0 Å². The number of hydrogen-bond acceptors (Lipinski definition) is 3. The Hall–Kier alpha value is 0.0100. The molecular weight excluding hydrogens is 136 g/mol. The van der Waals surface area contributed by atoms with E-state index >= 15 is 0 Å². The van der Waals surface area contributed by atoms with Gasteiger partial charge in [0.25, 0.3) is 0 Å². The SMILES string of the molecule is CC(C)C(=S)[C@@H](O)CO. The first-order chi connectivity index (χ1) is 4.09. The van der Waals surface area contributed by atoms with Crippen LogP contribution in [0, 0.1) is 5.92 Å². The van der Waals surface area contributed by atoms with E-state index in [0.29, 0.717) is 4.86 Å². The smallest absolute Gasteiger partial charge is 0.108 e. The molecule has 0 saturated carbocycles. The van der Waals surface area contributed by atoms with Crippen molar-refractivity contribution in [3.8, 4) is 0 Å². The van der Waals surface area contributed by atoms with Crippen molar-refractivity contribution in [1.82, 2.24) is 0 Å². The third kappa shape index (κ3) is 2.89. The molecule has 0 aromatic carbocycles. The molecule has 0 spiro atoms. The Bertz CT molecular complexity index is 101. The van der Waals surface area contributed by atoms with E-state index < -0.39 is 6.10 Å². The van der Waals surface area contributed by atoms with Crippen molar-refractivity contribution >= 4 is 17.1 Å². The summed E-state index contributed by atoms with van der Waals surface area (Å²) in [4.78, 5) is 0.525. The molecule has 3 heteroatoms. The van der Waals surface area contributed by atoms with E-state index in [9.17, 15) is 0 Å². The maximum Gasteiger partial charge on any atom is 0.108 e. The van der Waals surface area contributed by atoms with Crippen LogP contribution in [0.4, 0.5) is 0 Å². The van der Waals surface area contributed by atoms with E-state index in [0.717, 1.165) is 0 Å². The Morgan fingerprint density at radius 1 is 1.56 bits per heavy atom. The second-order valence-electron chi connectivity index (χ2n) is 2.26. The summed E-state index contributed by atoms with van der Waals surface area (Å²) < 4.78 is 0. The lowest BCUT2D eigenvalue weighted by atomic mass is 10.1. The summed E-state index contributed by atoms with van der Waals surface area (Å²) >= 11 is 4.79. The highest BCUT2D eigenvalue weighted by molar-refractivity contribution is 7.80. The number of rotatable bonds is 3. The van der Waals surface area contributed by atoms with Gasteiger partial charge in [-0.2, -0.15) is 0 Å². The topological polar surface area (TPSA) is 40.5 Å². The molecule has 0 aliphatic heterocycles. The van der Waals surface area contributed by atoms with Crippen LogP contribution in [0.3, 0.4) is 0 Å². The standard InChI is InChI=1S/C6H12O2S/c1-4(2)6(9)5(8)3-7/h4-5,7-8H,3H2,1-2H3/t5-/m0/s1. The van der Waals surface area contributed by atoms with Crippen LogP contribution in [-0.4, -0.2) is 27.8 Å². The van der Waals surface area contributed by atoms with Crippen LogP contribution in [0.25, 0.3) is 0 Å². The van der Waals surface area contributed by atoms with Crippen LogP contribution < -0.4 is 0 Å². The largest absolute Gasteiger partial charge is 0.393 e. The second kappa shape index (κ2) is 3.93. The van der Waals surface area contributed by atoms with Crippen molar-refractivity contribution in [3.63, 3.8) is 0 Å². The normalized spacial score (nSPS) is 13.9. The molecule has 2 nitrogen and oxygen atoms in total. The zero-order chi connectivity index (χ0) is 7.44. The average Bonchev–Trinajstić information content (AvgIpc) is 1.84. The third-order valence-electron chi connectivity index (χ3n) is 1.07. The quantitative estimate of drug-likeness (QED) is 0.568. The number of hydrogen-bond donors (Lipinski definition) is 2. The van der Waals surface area contributed by atoms with E-state index in [1.807, 2.05) is 13.8 Å². The zero-order valence-corrected chi connectivity index (χ0v) is 6.48. The first-order valence-corrected chi connectivity index (χ1v) is 3.33. The van der Waals surface area contributed by atoms with Crippen molar-refractivity contribution in [1.29, 1.82) is 0 Å². The predicted octanol–water partition coefficient (Wildman–Crippen LogP) is 0.365.